The summed E-state index contributed by atoms with van der Waals surface area (Å²) in [6, 6.07) is 10.2. The number of nitrogens with zero attached hydrogens (tertiary/aromatic N) is 1. The predicted octanol–water partition coefficient (Wildman–Crippen LogP) is 3.03. The first kappa shape index (κ1) is 17.2. The lowest BCUT2D eigenvalue weighted by Crippen LogP contribution is -2.45. The van der Waals surface area contributed by atoms with Crippen LogP contribution in [0.25, 0.3) is 0 Å². The summed E-state index contributed by atoms with van der Waals surface area (Å²) in [7, 11) is 0. The van der Waals surface area contributed by atoms with E-state index in [4.69, 9.17) is 12.2 Å². The molecule has 1 aromatic carbocycles. The highest BCUT2D eigenvalue weighted by molar-refractivity contribution is 8.23. The number of benzene rings is 1. The number of hydrogen-bond donors (Lipinski definition) is 1. The summed E-state index contributed by atoms with van der Waals surface area (Å²) in [5, 5.41) is 10.0. The van der Waals surface area contributed by atoms with Crippen molar-refractivity contribution in [2.45, 2.75) is 31.9 Å². The van der Waals surface area contributed by atoms with Crippen molar-refractivity contribution in [3.05, 3.63) is 48.6 Å². The van der Waals surface area contributed by atoms with Gasteiger partial charge in [0.1, 0.15) is 4.32 Å². The molecule has 1 aromatic rings. The molecule has 22 heavy (non-hydrogen) atoms. The van der Waals surface area contributed by atoms with Crippen molar-refractivity contribution in [3.8, 4) is 0 Å². The molecule has 0 bridgehead atoms. The Balaban J connectivity index is 2.10. The van der Waals surface area contributed by atoms with Gasteiger partial charge in [-0.15, -0.1) is 6.58 Å². The summed E-state index contributed by atoms with van der Waals surface area (Å²) >= 11 is 6.88. The summed E-state index contributed by atoms with van der Waals surface area (Å²) in [5.41, 5.74) is 1.19. The number of rotatable bonds is 6. The largest absolute Gasteiger partial charge is 0.392 e. The number of carbonyl (C=O) groups is 1. The maximum Gasteiger partial charge on any atom is 0.233 e. The second kappa shape index (κ2) is 7.90. The third-order valence-corrected chi connectivity index (χ3v) is 5.43. The summed E-state index contributed by atoms with van der Waals surface area (Å²) in [6.45, 7) is 5.36. The standard InChI is InChI=1S/C17H21NO2S2/c1-3-7-15(19)12(2)16(20)18-14(11-22-17(18)21)10-13-8-5-4-6-9-13/h3-6,8-9,12,14-15,19H,1,7,10-11H2,2H3/t12-,14-,15+/m0/s1. The van der Waals surface area contributed by atoms with Crippen molar-refractivity contribution in [3.63, 3.8) is 0 Å². The second-order valence-corrected chi connectivity index (χ2v) is 7.16. The van der Waals surface area contributed by atoms with Crippen LogP contribution < -0.4 is 0 Å². The van der Waals surface area contributed by atoms with Gasteiger partial charge < -0.3 is 5.11 Å². The molecule has 1 amide bonds. The first-order valence-corrected chi connectivity index (χ1v) is 8.76. The van der Waals surface area contributed by atoms with Crippen molar-refractivity contribution in [1.82, 2.24) is 4.90 Å². The molecular weight excluding hydrogens is 314 g/mol. The monoisotopic (exact) mass is 335 g/mol. The first-order valence-electron chi connectivity index (χ1n) is 7.37. The van der Waals surface area contributed by atoms with Gasteiger partial charge >= 0.3 is 0 Å². The van der Waals surface area contributed by atoms with Gasteiger partial charge in [0.15, 0.2) is 0 Å². The Kier molecular flexibility index (Phi) is 6.17. The van der Waals surface area contributed by atoms with E-state index in [-0.39, 0.29) is 11.9 Å². The molecule has 3 nitrogen and oxygen atoms in total. The zero-order chi connectivity index (χ0) is 16.1. The molecule has 0 aromatic heterocycles. The molecular formula is C17H21NO2S2. The summed E-state index contributed by atoms with van der Waals surface area (Å²) in [5.74, 6) is 0.238. The first-order chi connectivity index (χ1) is 10.5. The van der Waals surface area contributed by atoms with Crippen LogP contribution in [-0.2, 0) is 11.2 Å². The molecule has 1 aliphatic heterocycles. The highest BCUT2D eigenvalue weighted by Gasteiger charge is 2.37. The van der Waals surface area contributed by atoms with E-state index in [2.05, 4.69) is 18.7 Å². The fourth-order valence-electron chi connectivity index (χ4n) is 2.53. The molecule has 1 N–H and O–H groups in total. The highest BCUT2D eigenvalue weighted by Crippen LogP contribution is 2.29. The Labute approximate surface area is 141 Å². The van der Waals surface area contributed by atoms with E-state index in [0.717, 1.165) is 12.2 Å². The van der Waals surface area contributed by atoms with Crippen LogP contribution in [0.3, 0.4) is 0 Å². The smallest absolute Gasteiger partial charge is 0.233 e. The van der Waals surface area contributed by atoms with Gasteiger partial charge in [-0.05, 0) is 18.4 Å². The third kappa shape index (κ3) is 3.97. The minimum atomic E-state index is -0.712. The zero-order valence-corrected chi connectivity index (χ0v) is 14.3. The van der Waals surface area contributed by atoms with Crippen LogP contribution in [-0.4, -0.2) is 38.1 Å². The van der Waals surface area contributed by atoms with Crippen LogP contribution in [0.15, 0.2) is 43.0 Å². The summed E-state index contributed by atoms with van der Waals surface area (Å²) in [4.78, 5) is 14.4. The fraction of sp³-hybridized carbons (Fsp3) is 0.412. The highest BCUT2D eigenvalue weighted by atomic mass is 32.2. The lowest BCUT2D eigenvalue weighted by Gasteiger charge is -2.28. The van der Waals surface area contributed by atoms with Crippen molar-refractivity contribution < 1.29 is 9.90 Å². The van der Waals surface area contributed by atoms with Gasteiger partial charge in [-0.1, -0.05) is 67.3 Å². The molecule has 118 valence electrons. The van der Waals surface area contributed by atoms with Gasteiger partial charge in [-0.25, -0.2) is 0 Å². The van der Waals surface area contributed by atoms with Gasteiger partial charge in [0.05, 0.1) is 18.1 Å². The third-order valence-electron chi connectivity index (χ3n) is 3.89. The molecule has 0 unspecified atom stereocenters. The lowest BCUT2D eigenvalue weighted by molar-refractivity contribution is -0.135. The van der Waals surface area contributed by atoms with Gasteiger partial charge in [0.25, 0.3) is 0 Å². The maximum absolute atomic E-state index is 12.7. The molecule has 1 saturated heterocycles. The van der Waals surface area contributed by atoms with Gasteiger partial charge in [-0.2, -0.15) is 0 Å². The van der Waals surface area contributed by atoms with E-state index in [0.29, 0.717) is 10.7 Å². The summed E-state index contributed by atoms with van der Waals surface area (Å²) < 4.78 is 0.614. The average molecular weight is 335 g/mol. The minimum absolute atomic E-state index is 0.0609. The lowest BCUT2D eigenvalue weighted by atomic mass is 9.98. The number of thiocarbonyl (C=S) groups is 1. The Morgan fingerprint density at radius 1 is 1.55 bits per heavy atom. The number of thioether (sulfide) groups is 1. The van der Waals surface area contributed by atoms with Crippen LogP contribution in [0.2, 0.25) is 0 Å². The number of amides is 1. The Hall–Kier alpha value is -1.17. The molecule has 5 heteroatoms. The van der Waals surface area contributed by atoms with E-state index >= 15 is 0 Å². The van der Waals surface area contributed by atoms with Crippen LogP contribution in [0, 0.1) is 5.92 Å². The average Bonchev–Trinajstić information content (AvgIpc) is 2.87. The Bertz CT molecular complexity index is 547. The normalized spacial score (nSPS) is 20.7. The van der Waals surface area contributed by atoms with E-state index in [1.54, 1.807) is 17.9 Å². The van der Waals surface area contributed by atoms with E-state index in [9.17, 15) is 9.90 Å². The van der Waals surface area contributed by atoms with Gasteiger partial charge in [0, 0.05) is 5.75 Å². The van der Waals surface area contributed by atoms with Crippen LogP contribution >= 0.6 is 24.0 Å². The SMILES string of the molecule is C=CC[C@@H](O)[C@H](C)C(=O)N1C(=S)SC[C@@H]1Cc1ccccc1. The molecule has 0 saturated carbocycles. The molecule has 0 spiro atoms. The number of hydrogen-bond acceptors (Lipinski definition) is 4. The molecule has 2 rings (SSSR count). The van der Waals surface area contributed by atoms with E-state index in [1.165, 1.54) is 17.3 Å². The van der Waals surface area contributed by atoms with Crippen molar-refractivity contribution in [1.29, 1.82) is 0 Å². The maximum atomic E-state index is 12.7. The zero-order valence-electron chi connectivity index (χ0n) is 12.6. The fourth-order valence-corrected chi connectivity index (χ4v) is 3.95. The molecule has 0 radical (unpaired) electrons. The van der Waals surface area contributed by atoms with Gasteiger partial charge in [-0.3, -0.25) is 9.69 Å². The van der Waals surface area contributed by atoms with E-state index in [1.807, 2.05) is 18.2 Å². The Morgan fingerprint density at radius 2 is 2.23 bits per heavy atom. The molecule has 3 atom stereocenters. The molecule has 1 fully saturated rings. The number of carbonyl (C=O) groups excluding carboxylic acids is 1. The number of aliphatic hydroxyl groups is 1. The van der Waals surface area contributed by atoms with Crippen molar-refractivity contribution in [2.75, 3.05) is 5.75 Å². The quantitative estimate of drug-likeness (QED) is 0.641. The van der Waals surface area contributed by atoms with Crippen molar-refractivity contribution >= 4 is 34.2 Å². The van der Waals surface area contributed by atoms with Crippen LogP contribution in [0.5, 0.6) is 0 Å². The molecule has 1 heterocycles. The minimum Gasteiger partial charge on any atom is -0.392 e. The van der Waals surface area contributed by atoms with Crippen molar-refractivity contribution in [2.24, 2.45) is 5.92 Å². The topological polar surface area (TPSA) is 40.5 Å². The second-order valence-electron chi connectivity index (χ2n) is 5.51. The number of aliphatic hydroxyl groups excluding tert-OH is 1. The summed E-state index contributed by atoms with van der Waals surface area (Å²) in [6.07, 6.45) is 2.11. The van der Waals surface area contributed by atoms with Gasteiger partial charge in [0.2, 0.25) is 5.91 Å². The van der Waals surface area contributed by atoms with E-state index < -0.39 is 12.0 Å². The van der Waals surface area contributed by atoms with Crippen LogP contribution in [0.4, 0.5) is 0 Å². The predicted molar refractivity (Wildman–Crippen MR) is 95.8 cm³/mol. The molecule has 0 aliphatic carbocycles. The molecule has 1 aliphatic rings. The Morgan fingerprint density at radius 3 is 2.86 bits per heavy atom. The van der Waals surface area contributed by atoms with Crippen LogP contribution in [0.1, 0.15) is 18.9 Å².